The average Bonchev–Trinajstić information content (AvgIpc) is 3.16. The first kappa shape index (κ1) is 14.2. The normalized spacial score (nSPS) is 15.9. The molecule has 21 heavy (non-hydrogen) atoms. The molecule has 3 rings (SSSR count). The molecular formula is C14H16N4OS2. The highest BCUT2D eigenvalue weighted by molar-refractivity contribution is 7.13. The fourth-order valence-corrected chi connectivity index (χ4v) is 3.49. The number of rotatable bonds is 3. The molecule has 0 saturated carbocycles. The zero-order chi connectivity index (χ0) is 14.7. The molecule has 1 amide bonds. The smallest absolute Gasteiger partial charge is 0.246 e. The lowest BCUT2D eigenvalue weighted by atomic mass is 10.3. The molecule has 0 N–H and O–H groups in total. The minimum absolute atomic E-state index is 0.0550. The Kier molecular flexibility index (Phi) is 4.31. The highest BCUT2D eigenvalue weighted by atomic mass is 32.1. The highest BCUT2D eigenvalue weighted by Gasteiger charge is 2.20. The van der Waals surface area contributed by atoms with E-state index in [0.29, 0.717) is 0 Å². The number of hydrogen-bond acceptors (Lipinski definition) is 6. The van der Waals surface area contributed by atoms with Crippen LogP contribution in [-0.2, 0) is 4.79 Å². The molecule has 3 heterocycles. The van der Waals surface area contributed by atoms with Gasteiger partial charge in [-0.25, -0.2) is 9.97 Å². The lowest BCUT2D eigenvalue weighted by Gasteiger charge is -2.34. The lowest BCUT2D eigenvalue weighted by molar-refractivity contribution is -0.126. The van der Waals surface area contributed by atoms with Crippen LogP contribution in [0.4, 0.5) is 5.13 Å². The quantitative estimate of drug-likeness (QED) is 0.814. The Bertz CT molecular complexity index is 627. The number of carbonyl (C=O) groups excluding carboxylic acids is 1. The zero-order valence-electron chi connectivity index (χ0n) is 11.7. The molecule has 2 aromatic rings. The van der Waals surface area contributed by atoms with Crippen molar-refractivity contribution in [3.8, 4) is 0 Å². The molecule has 7 heteroatoms. The van der Waals surface area contributed by atoms with Gasteiger partial charge in [-0.2, -0.15) is 0 Å². The Morgan fingerprint density at radius 3 is 2.71 bits per heavy atom. The Morgan fingerprint density at radius 1 is 1.29 bits per heavy atom. The van der Waals surface area contributed by atoms with Crippen LogP contribution < -0.4 is 4.90 Å². The summed E-state index contributed by atoms with van der Waals surface area (Å²) in [6.45, 7) is 5.10. The summed E-state index contributed by atoms with van der Waals surface area (Å²) in [5.74, 6) is 0.0550. The number of aromatic nitrogens is 2. The third-order valence-electron chi connectivity index (χ3n) is 3.31. The van der Waals surface area contributed by atoms with Gasteiger partial charge in [0.2, 0.25) is 5.91 Å². The molecule has 0 atom stereocenters. The molecular weight excluding hydrogens is 304 g/mol. The summed E-state index contributed by atoms with van der Waals surface area (Å²) in [6.07, 6.45) is 5.22. The van der Waals surface area contributed by atoms with Gasteiger partial charge in [0.05, 0.1) is 10.7 Å². The molecule has 1 aliphatic heterocycles. The van der Waals surface area contributed by atoms with E-state index in [1.807, 2.05) is 28.8 Å². The average molecular weight is 320 g/mol. The molecule has 0 radical (unpaired) electrons. The van der Waals surface area contributed by atoms with Gasteiger partial charge in [-0.05, 0) is 13.0 Å². The maximum absolute atomic E-state index is 12.2. The maximum Gasteiger partial charge on any atom is 0.246 e. The van der Waals surface area contributed by atoms with Gasteiger partial charge in [0.1, 0.15) is 0 Å². The first-order valence-electron chi connectivity index (χ1n) is 6.76. The van der Waals surface area contributed by atoms with E-state index >= 15 is 0 Å². The van der Waals surface area contributed by atoms with E-state index in [4.69, 9.17) is 0 Å². The van der Waals surface area contributed by atoms with E-state index in [1.165, 1.54) is 0 Å². The summed E-state index contributed by atoms with van der Waals surface area (Å²) < 4.78 is 0. The van der Waals surface area contributed by atoms with Gasteiger partial charge in [-0.15, -0.1) is 22.7 Å². The SMILES string of the molecule is Cc1nc(/C=C/C(=O)N2CCN(c3nccs3)CC2)cs1. The second-order valence-electron chi connectivity index (χ2n) is 4.75. The molecule has 0 aromatic carbocycles. The fraction of sp³-hybridized carbons (Fsp3) is 0.357. The molecule has 0 unspecified atom stereocenters. The van der Waals surface area contributed by atoms with E-state index in [2.05, 4.69) is 14.9 Å². The second kappa shape index (κ2) is 6.36. The van der Waals surface area contributed by atoms with Crippen molar-refractivity contribution < 1.29 is 4.79 Å². The van der Waals surface area contributed by atoms with Crippen molar-refractivity contribution in [1.29, 1.82) is 0 Å². The highest BCUT2D eigenvalue weighted by Crippen LogP contribution is 2.19. The maximum atomic E-state index is 12.2. The van der Waals surface area contributed by atoms with Gasteiger partial charge in [0.25, 0.3) is 0 Å². The van der Waals surface area contributed by atoms with Crippen molar-refractivity contribution in [1.82, 2.24) is 14.9 Å². The molecule has 1 fully saturated rings. The van der Waals surface area contributed by atoms with Crippen LogP contribution in [0.15, 0.2) is 23.0 Å². The number of thiazole rings is 2. The first-order valence-corrected chi connectivity index (χ1v) is 8.52. The van der Waals surface area contributed by atoms with Crippen molar-refractivity contribution in [3.63, 3.8) is 0 Å². The third-order valence-corrected chi connectivity index (χ3v) is 4.94. The monoisotopic (exact) mass is 320 g/mol. The van der Waals surface area contributed by atoms with Crippen LogP contribution in [-0.4, -0.2) is 47.0 Å². The van der Waals surface area contributed by atoms with E-state index in [1.54, 1.807) is 34.8 Å². The Morgan fingerprint density at radius 2 is 2.10 bits per heavy atom. The molecule has 1 saturated heterocycles. The van der Waals surface area contributed by atoms with Crippen LogP contribution in [0.2, 0.25) is 0 Å². The Hall–Kier alpha value is -1.73. The predicted molar refractivity (Wildman–Crippen MR) is 86.8 cm³/mol. The topological polar surface area (TPSA) is 49.3 Å². The largest absolute Gasteiger partial charge is 0.345 e. The molecule has 0 spiro atoms. The Labute approximate surface area is 131 Å². The molecule has 5 nitrogen and oxygen atoms in total. The van der Waals surface area contributed by atoms with Crippen LogP contribution >= 0.6 is 22.7 Å². The molecule has 2 aromatic heterocycles. The molecule has 0 aliphatic carbocycles. The van der Waals surface area contributed by atoms with Crippen molar-refractivity contribution in [2.75, 3.05) is 31.1 Å². The van der Waals surface area contributed by atoms with Crippen LogP contribution in [0.1, 0.15) is 10.7 Å². The number of carbonyl (C=O) groups is 1. The number of piperazine rings is 1. The zero-order valence-corrected chi connectivity index (χ0v) is 13.4. The van der Waals surface area contributed by atoms with Gasteiger partial charge < -0.3 is 9.80 Å². The Balaban J connectivity index is 1.54. The van der Waals surface area contributed by atoms with Gasteiger partial charge in [-0.3, -0.25) is 4.79 Å². The minimum Gasteiger partial charge on any atom is -0.345 e. The fourth-order valence-electron chi connectivity index (χ4n) is 2.21. The van der Waals surface area contributed by atoms with Crippen LogP contribution in [0.25, 0.3) is 6.08 Å². The van der Waals surface area contributed by atoms with Gasteiger partial charge in [0, 0.05) is 49.2 Å². The standard InChI is InChI=1S/C14H16N4OS2/c1-11-16-12(10-21-11)2-3-13(19)17-5-7-18(8-6-17)14-15-4-9-20-14/h2-4,9-10H,5-8H2,1H3/b3-2+. The van der Waals surface area contributed by atoms with Crippen LogP contribution in [0.5, 0.6) is 0 Å². The number of nitrogens with zero attached hydrogens (tertiary/aromatic N) is 4. The summed E-state index contributed by atoms with van der Waals surface area (Å²) in [7, 11) is 0. The first-order chi connectivity index (χ1) is 10.2. The summed E-state index contributed by atoms with van der Waals surface area (Å²) in [6, 6.07) is 0. The third kappa shape index (κ3) is 3.48. The minimum atomic E-state index is 0.0550. The second-order valence-corrected chi connectivity index (χ2v) is 6.69. The van der Waals surface area contributed by atoms with Crippen molar-refractivity contribution in [2.24, 2.45) is 0 Å². The predicted octanol–water partition coefficient (Wildman–Crippen LogP) is 2.27. The van der Waals surface area contributed by atoms with E-state index < -0.39 is 0 Å². The summed E-state index contributed by atoms with van der Waals surface area (Å²) in [5, 5.41) is 5.99. The van der Waals surface area contributed by atoms with Gasteiger partial charge in [-0.1, -0.05) is 0 Å². The van der Waals surface area contributed by atoms with E-state index in [9.17, 15) is 4.79 Å². The van der Waals surface area contributed by atoms with Crippen LogP contribution in [0.3, 0.4) is 0 Å². The summed E-state index contributed by atoms with van der Waals surface area (Å²) >= 11 is 3.23. The molecule has 0 bridgehead atoms. The van der Waals surface area contributed by atoms with Gasteiger partial charge in [0.15, 0.2) is 5.13 Å². The van der Waals surface area contributed by atoms with Crippen LogP contribution in [0, 0.1) is 6.92 Å². The summed E-state index contributed by atoms with van der Waals surface area (Å²) in [5.41, 5.74) is 0.854. The number of aryl methyl sites for hydroxylation is 1. The van der Waals surface area contributed by atoms with Crippen molar-refractivity contribution in [2.45, 2.75) is 6.92 Å². The lowest BCUT2D eigenvalue weighted by Crippen LogP contribution is -2.48. The number of hydrogen-bond donors (Lipinski definition) is 0. The number of amides is 1. The van der Waals surface area contributed by atoms with E-state index in [0.717, 1.165) is 42.0 Å². The summed E-state index contributed by atoms with van der Waals surface area (Å²) in [4.78, 5) is 24.9. The van der Waals surface area contributed by atoms with Gasteiger partial charge >= 0.3 is 0 Å². The molecule has 110 valence electrons. The molecule has 1 aliphatic rings. The van der Waals surface area contributed by atoms with Crippen molar-refractivity contribution >= 4 is 39.8 Å². The number of anilines is 1. The van der Waals surface area contributed by atoms with E-state index in [-0.39, 0.29) is 5.91 Å². The van der Waals surface area contributed by atoms with Crippen molar-refractivity contribution in [3.05, 3.63) is 33.7 Å².